The number of likely N-dealkylation sites (tertiary alicyclic amines) is 1. The van der Waals surface area contributed by atoms with Crippen LogP contribution in [0.25, 0.3) is 0 Å². The van der Waals surface area contributed by atoms with E-state index in [9.17, 15) is 4.91 Å². The van der Waals surface area contributed by atoms with Crippen molar-refractivity contribution in [2.45, 2.75) is 12.8 Å². The number of nitrogens with zero attached hydrogens (tertiary/aromatic N) is 2. The van der Waals surface area contributed by atoms with Crippen LogP contribution in [0.5, 0.6) is 0 Å². The van der Waals surface area contributed by atoms with E-state index >= 15 is 0 Å². The second-order valence-electron chi connectivity index (χ2n) is 3.06. The molecule has 0 aliphatic carbocycles. The quantitative estimate of drug-likeness (QED) is 0.541. The van der Waals surface area contributed by atoms with Crippen LogP contribution in [0.15, 0.2) is 5.18 Å². The zero-order valence-electron chi connectivity index (χ0n) is 6.42. The molecule has 0 saturated carbocycles. The standard InChI is InChI=1S/C7H14N2O/c1-9-4-2-7(3-5-9)6-8-10/h7H,2-6H2,1H3. The third-order valence-corrected chi connectivity index (χ3v) is 2.17. The molecule has 0 amide bonds. The number of hydrogen-bond donors (Lipinski definition) is 0. The van der Waals surface area contributed by atoms with Crippen molar-refractivity contribution < 1.29 is 0 Å². The summed E-state index contributed by atoms with van der Waals surface area (Å²) in [7, 11) is 2.12. The molecule has 0 aromatic rings. The Hall–Kier alpha value is -0.440. The van der Waals surface area contributed by atoms with Gasteiger partial charge in [-0.05, 0) is 38.9 Å². The molecule has 1 fully saturated rings. The van der Waals surface area contributed by atoms with E-state index in [0.29, 0.717) is 12.5 Å². The Morgan fingerprint density at radius 3 is 2.60 bits per heavy atom. The van der Waals surface area contributed by atoms with Crippen molar-refractivity contribution in [3.63, 3.8) is 0 Å². The summed E-state index contributed by atoms with van der Waals surface area (Å²) in [6.45, 7) is 2.77. The lowest BCUT2D eigenvalue weighted by Gasteiger charge is -2.26. The Morgan fingerprint density at radius 1 is 1.50 bits per heavy atom. The second-order valence-corrected chi connectivity index (χ2v) is 3.06. The van der Waals surface area contributed by atoms with Crippen molar-refractivity contribution >= 4 is 0 Å². The molecule has 3 nitrogen and oxygen atoms in total. The minimum absolute atomic E-state index is 0.522. The summed E-state index contributed by atoms with van der Waals surface area (Å²) in [5.74, 6) is 0.564. The zero-order valence-corrected chi connectivity index (χ0v) is 6.42. The highest BCUT2D eigenvalue weighted by Gasteiger charge is 2.15. The fourth-order valence-electron chi connectivity index (χ4n) is 1.35. The predicted octanol–water partition coefficient (Wildman–Crippen LogP) is 1.09. The third kappa shape index (κ3) is 2.06. The lowest BCUT2D eigenvalue weighted by atomic mass is 9.98. The van der Waals surface area contributed by atoms with Gasteiger partial charge in [-0.1, -0.05) is 5.18 Å². The van der Waals surface area contributed by atoms with Gasteiger partial charge < -0.3 is 4.90 Å². The van der Waals surface area contributed by atoms with Gasteiger partial charge in [-0.2, -0.15) is 4.91 Å². The molecule has 0 unspecified atom stereocenters. The van der Waals surface area contributed by atoms with E-state index in [1.165, 1.54) is 0 Å². The van der Waals surface area contributed by atoms with Crippen LogP contribution in [0.2, 0.25) is 0 Å². The van der Waals surface area contributed by atoms with Crippen LogP contribution in [0.1, 0.15) is 12.8 Å². The summed E-state index contributed by atoms with van der Waals surface area (Å²) in [4.78, 5) is 12.2. The van der Waals surface area contributed by atoms with Crippen LogP contribution in [0, 0.1) is 10.8 Å². The fraction of sp³-hybridized carbons (Fsp3) is 1.00. The highest BCUT2D eigenvalue weighted by atomic mass is 16.3. The summed E-state index contributed by atoms with van der Waals surface area (Å²) in [6, 6.07) is 0. The van der Waals surface area contributed by atoms with E-state index in [-0.39, 0.29) is 0 Å². The molecule has 1 aliphatic rings. The Bertz CT molecular complexity index is 108. The molecular formula is C7H14N2O. The first-order chi connectivity index (χ1) is 4.83. The van der Waals surface area contributed by atoms with Gasteiger partial charge >= 0.3 is 0 Å². The third-order valence-electron chi connectivity index (χ3n) is 2.17. The lowest BCUT2D eigenvalue weighted by molar-refractivity contribution is 0.223. The molecule has 0 spiro atoms. The van der Waals surface area contributed by atoms with Crippen LogP contribution >= 0.6 is 0 Å². The molecule has 1 rings (SSSR count). The summed E-state index contributed by atoms with van der Waals surface area (Å²) >= 11 is 0. The highest BCUT2D eigenvalue weighted by molar-refractivity contribution is 4.70. The summed E-state index contributed by atoms with van der Waals surface area (Å²) < 4.78 is 0. The van der Waals surface area contributed by atoms with Gasteiger partial charge in [0, 0.05) is 0 Å². The largest absolute Gasteiger partial charge is 0.306 e. The Balaban J connectivity index is 2.19. The minimum Gasteiger partial charge on any atom is -0.306 e. The van der Waals surface area contributed by atoms with E-state index in [0.717, 1.165) is 25.9 Å². The molecule has 0 radical (unpaired) electrons. The molecule has 0 aromatic carbocycles. The van der Waals surface area contributed by atoms with Crippen LogP contribution < -0.4 is 0 Å². The average molecular weight is 142 g/mol. The monoisotopic (exact) mass is 142 g/mol. The number of rotatable bonds is 2. The van der Waals surface area contributed by atoms with E-state index < -0.39 is 0 Å². The van der Waals surface area contributed by atoms with E-state index in [4.69, 9.17) is 0 Å². The number of hydrogen-bond acceptors (Lipinski definition) is 3. The van der Waals surface area contributed by atoms with Crippen LogP contribution in [-0.2, 0) is 0 Å². The Labute approximate surface area is 61.4 Å². The maximum Gasteiger partial charge on any atom is 0.0840 e. The van der Waals surface area contributed by atoms with Gasteiger partial charge in [0.25, 0.3) is 0 Å². The van der Waals surface area contributed by atoms with Crippen molar-refractivity contribution in [1.82, 2.24) is 4.90 Å². The molecule has 0 atom stereocenters. The van der Waals surface area contributed by atoms with Gasteiger partial charge in [0.1, 0.15) is 0 Å². The van der Waals surface area contributed by atoms with Gasteiger partial charge in [0.2, 0.25) is 0 Å². The number of nitroso groups, excluding NO2 is 1. The van der Waals surface area contributed by atoms with E-state index in [1.54, 1.807) is 0 Å². The molecule has 58 valence electrons. The molecule has 1 saturated heterocycles. The van der Waals surface area contributed by atoms with Gasteiger partial charge in [0.15, 0.2) is 0 Å². The van der Waals surface area contributed by atoms with E-state index in [2.05, 4.69) is 17.1 Å². The molecule has 0 bridgehead atoms. The molecule has 10 heavy (non-hydrogen) atoms. The maximum atomic E-state index is 9.89. The maximum absolute atomic E-state index is 9.89. The summed E-state index contributed by atoms with van der Waals surface area (Å²) in [6.07, 6.45) is 2.28. The molecule has 1 aliphatic heterocycles. The van der Waals surface area contributed by atoms with Gasteiger partial charge in [-0.25, -0.2) is 0 Å². The van der Waals surface area contributed by atoms with Crippen LogP contribution in [0.4, 0.5) is 0 Å². The topological polar surface area (TPSA) is 32.7 Å². The molecule has 1 heterocycles. The SMILES string of the molecule is CN1CCC(CN=O)CC1. The Morgan fingerprint density at radius 2 is 2.10 bits per heavy atom. The molecule has 3 heteroatoms. The van der Waals surface area contributed by atoms with Crippen LogP contribution in [0.3, 0.4) is 0 Å². The highest BCUT2D eigenvalue weighted by Crippen LogP contribution is 2.15. The fourth-order valence-corrected chi connectivity index (χ4v) is 1.35. The van der Waals surface area contributed by atoms with Gasteiger partial charge in [-0.3, -0.25) is 0 Å². The summed E-state index contributed by atoms with van der Waals surface area (Å²) in [5.41, 5.74) is 0. The Kier molecular flexibility index (Phi) is 2.81. The van der Waals surface area contributed by atoms with Gasteiger partial charge in [0.05, 0.1) is 6.54 Å². The normalized spacial score (nSPS) is 22.9. The average Bonchev–Trinajstić information content (AvgIpc) is 1.95. The molecular weight excluding hydrogens is 128 g/mol. The predicted molar refractivity (Wildman–Crippen MR) is 40.9 cm³/mol. The second kappa shape index (κ2) is 3.66. The molecule has 0 N–H and O–H groups in total. The van der Waals surface area contributed by atoms with Crippen molar-refractivity contribution in [3.8, 4) is 0 Å². The van der Waals surface area contributed by atoms with Crippen molar-refractivity contribution in [2.24, 2.45) is 11.1 Å². The van der Waals surface area contributed by atoms with Crippen molar-refractivity contribution in [2.75, 3.05) is 26.7 Å². The first kappa shape index (κ1) is 7.66. The number of piperidine rings is 1. The van der Waals surface area contributed by atoms with Crippen molar-refractivity contribution in [3.05, 3.63) is 4.91 Å². The van der Waals surface area contributed by atoms with Crippen LogP contribution in [-0.4, -0.2) is 31.6 Å². The van der Waals surface area contributed by atoms with Gasteiger partial charge in [-0.15, -0.1) is 0 Å². The molecule has 0 aromatic heterocycles. The van der Waals surface area contributed by atoms with E-state index in [1.807, 2.05) is 0 Å². The van der Waals surface area contributed by atoms with Crippen molar-refractivity contribution in [1.29, 1.82) is 0 Å². The zero-order chi connectivity index (χ0) is 7.40. The first-order valence-electron chi connectivity index (χ1n) is 3.80. The minimum atomic E-state index is 0.522. The lowest BCUT2D eigenvalue weighted by Crippen LogP contribution is -2.31. The summed E-state index contributed by atoms with van der Waals surface area (Å²) in [5, 5.41) is 2.92. The first-order valence-corrected chi connectivity index (χ1v) is 3.80. The smallest absolute Gasteiger partial charge is 0.0840 e.